The molecule has 0 heterocycles. The molecule has 0 atom stereocenters. The highest BCUT2D eigenvalue weighted by Gasteiger charge is 2.53. The van der Waals surface area contributed by atoms with E-state index in [1.54, 1.807) is 6.92 Å². The quantitative estimate of drug-likeness (QED) is 0.152. The minimum Gasteiger partial charge on any atom is -0.237 e. The Morgan fingerprint density at radius 1 is 0.588 bits per heavy atom. The zero-order valence-electron chi connectivity index (χ0n) is 25.2. The summed E-state index contributed by atoms with van der Waals surface area (Å²) < 4.78 is 133. The maximum Gasteiger partial charge on any atom is 0.417 e. The van der Waals surface area contributed by atoms with Gasteiger partial charge in [0.05, 0.1) is 54.1 Å². The molecule has 0 N–H and O–H groups in total. The first-order chi connectivity index (χ1) is 23.9. The van der Waals surface area contributed by atoms with E-state index < -0.39 is 108 Å². The Morgan fingerprint density at radius 2 is 1.02 bits per heavy atom. The molecule has 3 aromatic carbocycles. The number of nitriles is 3. The predicted molar refractivity (Wildman–Crippen MR) is 163 cm³/mol. The van der Waals surface area contributed by atoms with Crippen molar-refractivity contribution in [2.75, 3.05) is 0 Å². The van der Waals surface area contributed by atoms with Crippen LogP contribution in [0, 0.1) is 60.6 Å². The lowest BCUT2D eigenvalue weighted by atomic mass is 9.82. The molecule has 51 heavy (non-hydrogen) atoms. The third-order valence-corrected chi connectivity index (χ3v) is 8.01. The van der Waals surface area contributed by atoms with Crippen LogP contribution in [0.15, 0.2) is 59.9 Å². The van der Waals surface area contributed by atoms with E-state index in [1.165, 1.54) is 42.5 Å². The minimum absolute atomic E-state index is 0.133. The van der Waals surface area contributed by atoms with Crippen LogP contribution in [0.1, 0.15) is 55.6 Å². The van der Waals surface area contributed by atoms with Gasteiger partial charge in [-0.05, 0) is 58.0 Å². The highest BCUT2D eigenvalue weighted by Crippen LogP contribution is 2.63. The molecule has 2 aliphatic rings. The molecule has 15 heteroatoms. The van der Waals surface area contributed by atoms with Gasteiger partial charge in [-0.25, -0.2) is 25.1 Å². The fourth-order valence-corrected chi connectivity index (χ4v) is 6.13. The number of aryl methyl sites for hydroxylation is 1. The molecule has 6 nitrogen and oxygen atoms in total. The Hall–Kier alpha value is -7.07. The summed E-state index contributed by atoms with van der Waals surface area (Å²) in [5.41, 5.74) is -19.4. The van der Waals surface area contributed by atoms with Crippen molar-refractivity contribution in [3.05, 3.63) is 150 Å². The molecule has 248 valence electrons. The van der Waals surface area contributed by atoms with E-state index in [2.05, 4.69) is 14.5 Å². The number of benzene rings is 3. The molecule has 0 aliphatic heterocycles. The van der Waals surface area contributed by atoms with E-state index in [0.29, 0.717) is 29.8 Å². The highest BCUT2D eigenvalue weighted by atomic mass is 19.4. The fraction of sp³-hybridized carbons (Fsp3) is 0.111. The summed E-state index contributed by atoms with van der Waals surface area (Å²) in [5.74, 6) is 0. The number of alkyl halides is 9. The van der Waals surface area contributed by atoms with Crippen molar-refractivity contribution < 1.29 is 39.5 Å². The number of fused-ring (bicyclic) bond motifs is 2. The molecule has 0 unspecified atom stereocenters. The van der Waals surface area contributed by atoms with Crippen LogP contribution in [0.4, 0.5) is 39.5 Å². The SMILES string of the molecule is [C-]#[N+]C1=C(c2ccc(C)cc2)/C(=C(/C#N)[N+]#[C-])c2c1c(C(F)(F)F)c1c(c2C(F)(F)F)/C(=C(/C#N)[N+]#[C-])C(c2ccc(C(F)(F)F)cc2)=C1C#N. The van der Waals surface area contributed by atoms with Gasteiger partial charge in [0, 0.05) is 16.7 Å². The lowest BCUT2D eigenvalue weighted by Crippen LogP contribution is -2.20. The van der Waals surface area contributed by atoms with Crippen LogP contribution >= 0.6 is 0 Å². The maximum atomic E-state index is 15.6. The zero-order chi connectivity index (χ0) is 37.8. The van der Waals surface area contributed by atoms with Crippen molar-refractivity contribution in [3.63, 3.8) is 0 Å². The molecule has 0 spiro atoms. The van der Waals surface area contributed by atoms with Gasteiger partial charge < -0.3 is 0 Å². The van der Waals surface area contributed by atoms with Gasteiger partial charge in [-0.2, -0.15) is 44.8 Å². The van der Waals surface area contributed by atoms with Gasteiger partial charge in [-0.15, -0.1) is 0 Å². The lowest BCUT2D eigenvalue weighted by Gasteiger charge is -2.25. The van der Waals surface area contributed by atoms with Crippen LogP contribution in [-0.4, -0.2) is 0 Å². The second kappa shape index (κ2) is 12.1. The molecule has 3 aromatic rings. The summed E-state index contributed by atoms with van der Waals surface area (Å²) in [5, 5.41) is 30.1. The monoisotopic (exact) mass is 698 g/mol. The third kappa shape index (κ3) is 5.44. The summed E-state index contributed by atoms with van der Waals surface area (Å²) >= 11 is 0. The van der Waals surface area contributed by atoms with E-state index in [0.717, 1.165) is 0 Å². The van der Waals surface area contributed by atoms with Gasteiger partial charge in [0.25, 0.3) is 11.4 Å². The molecule has 0 fully saturated rings. The number of hydrogen-bond acceptors (Lipinski definition) is 3. The van der Waals surface area contributed by atoms with Gasteiger partial charge in [0.2, 0.25) is 5.70 Å². The second-order valence-electron chi connectivity index (χ2n) is 10.8. The molecule has 0 saturated heterocycles. The Morgan fingerprint density at radius 3 is 1.43 bits per heavy atom. The molecular formula is C36H11F9N6. The Bertz CT molecular complexity index is 2430. The van der Waals surface area contributed by atoms with Crippen molar-refractivity contribution in [1.29, 1.82) is 15.8 Å². The summed E-state index contributed by atoms with van der Waals surface area (Å²) in [6.45, 7) is 24.7. The average Bonchev–Trinajstić information content (AvgIpc) is 3.56. The molecule has 0 saturated carbocycles. The Balaban J connectivity index is 2.18. The van der Waals surface area contributed by atoms with Gasteiger partial charge in [0.15, 0.2) is 0 Å². The van der Waals surface area contributed by atoms with Crippen LogP contribution in [-0.2, 0) is 18.5 Å². The molecule has 2 aliphatic carbocycles. The summed E-state index contributed by atoms with van der Waals surface area (Å²) in [6, 6.07) is 11.7. The highest BCUT2D eigenvalue weighted by molar-refractivity contribution is 6.30. The average molecular weight is 699 g/mol. The van der Waals surface area contributed by atoms with E-state index in [1.807, 2.05) is 0 Å². The van der Waals surface area contributed by atoms with Crippen molar-refractivity contribution >= 4 is 33.6 Å². The molecule has 0 amide bonds. The number of allylic oxidation sites excluding steroid dienone is 7. The zero-order valence-corrected chi connectivity index (χ0v) is 25.2. The third-order valence-electron chi connectivity index (χ3n) is 8.01. The second-order valence-corrected chi connectivity index (χ2v) is 10.8. The van der Waals surface area contributed by atoms with E-state index >= 15 is 26.3 Å². The molecule has 0 bridgehead atoms. The maximum absolute atomic E-state index is 15.6. The van der Waals surface area contributed by atoms with Crippen molar-refractivity contribution in [3.8, 4) is 18.2 Å². The van der Waals surface area contributed by atoms with Crippen molar-refractivity contribution in [2.24, 2.45) is 0 Å². The van der Waals surface area contributed by atoms with Gasteiger partial charge in [-0.3, -0.25) is 0 Å². The van der Waals surface area contributed by atoms with Crippen LogP contribution in [0.2, 0.25) is 0 Å². The van der Waals surface area contributed by atoms with E-state index in [9.17, 15) is 29.0 Å². The van der Waals surface area contributed by atoms with E-state index in [4.69, 9.17) is 19.7 Å². The first-order valence-electron chi connectivity index (χ1n) is 13.9. The van der Waals surface area contributed by atoms with Crippen LogP contribution in [0.3, 0.4) is 0 Å². The van der Waals surface area contributed by atoms with Crippen molar-refractivity contribution in [1.82, 2.24) is 0 Å². The standard InChI is InChI=1S/C36H11F9N6/c1-16-5-7-18(8-6-16)24-27(22(15-48)50-3)29-30(33(24)51-4)31(35(40,41)42)25-20(13-46)23(17-9-11-19(12-10-17)34(37,38)39)26(21(14-47)49-2)28(25)32(29)36(43,44)45/h5-12H,1H3/b26-21-,27-22+. The molecular weight excluding hydrogens is 687 g/mol. The number of hydrogen-bond donors (Lipinski definition) is 0. The van der Waals surface area contributed by atoms with Gasteiger partial charge in [-0.1, -0.05) is 42.0 Å². The number of rotatable bonds is 2. The predicted octanol–water partition coefficient (Wildman–Crippen LogP) is 10.6. The normalized spacial score (nSPS) is 15.8. The minimum atomic E-state index is -5.73. The largest absolute Gasteiger partial charge is 0.417 e. The summed E-state index contributed by atoms with van der Waals surface area (Å²) in [4.78, 5) is 9.07. The fourth-order valence-electron chi connectivity index (χ4n) is 6.13. The summed E-state index contributed by atoms with van der Waals surface area (Å²) in [6.07, 6.45) is -16.3. The van der Waals surface area contributed by atoms with Crippen LogP contribution < -0.4 is 0 Å². The first-order valence-corrected chi connectivity index (χ1v) is 13.9. The smallest absolute Gasteiger partial charge is 0.237 e. The Labute approximate surface area is 282 Å². The van der Waals surface area contributed by atoms with Gasteiger partial charge in [0.1, 0.15) is 6.07 Å². The lowest BCUT2D eigenvalue weighted by molar-refractivity contribution is -0.141. The summed E-state index contributed by atoms with van der Waals surface area (Å²) in [7, 11) is 0. The van der Waals surface area contributed by atoms with Crippen LogP contribution in [0.25, 0.3) is 48.1 Å². The van der Waals surface area contributed by atoms with Crippen molar-refractivity contribution in [2.45, 2.75) is 25.5 Å². The first kappa shape index (κ1) is 35.2. The Kier molecular flexibility index (Phi) is 8.37. The molecule has 0 radical (unpaired) electrons. The number of nitrogens with zero attached hydrogens (tertiary/aromatic N) is 6. The topological polar surface area (TPSA) is 84.4 Å². The number of halogens is 9. The van der Waals surface area contributed by atoms with E-state index in [-0.39, 0.29) is 5.56 Å². The van der Waals surface area contributed by atoms with Gasteiger partial charge >= 0.3 is 18.5 Å². The molecule has 5 rings (SSSR count). The molecule has 0 aromatic heterocycles. The van der Waals surface area contributed by atoms with Crippen LogP contribution in [0.5, 0.6) is 0 Å².